The highest BCUT2D eigenvalue weighted by Crippen LogP contribution is 2.25. The fourth-order valence-electron chi connectivity index (χ4n) is 2.53. The van der Waals surface area contributed by atoms with E-state index in [1.165, 1.54) is 0 Å². The average molecular weight is 373 g/mol. The summed E-state index contributed by atoms with van der Waals surface area (Å²) >= 11 is 0. The third-order valence-corrected chi connectivity index (χ3v) is 3.97. The van der Waals surface area contributed by atoms with Gasteiger partial charge in [-0.1, -0.05) is 49.0 Å². The Bertz CT molecular complexity index is 934. The first-order chi connectivity index (χ1) is 13.6. The summed E-state index contributed by atoms with van der Waals surface area (Å²) in [6.07, 6.45) is 0. The van der Waals surface area contributed by atoms with Gasteiger partial charge < -0.3 is 14.8 Å². The van der Waals surface area contributed by atoms with Crippen molar-refractivity contribution in [2.75, 3.05) is 11.9 Å². The Morgan fingerprint density at radius 2 is 1.57 bits per heavy atom. The Kier molecular flexibility index (Phi) is 6.47. The molecule has 0 aliphatic carbocycles. The summed E-state index contributed by atoms with van der Waals surface area (Å²) in [5, 5.41) is 2.89. The maximum atomic E-state index is 12.6. The first-order valence-corrected chi connectivity index (χ1v) is 9.06. The normalized spacial score (nSPS) is 10.2. The van der Waals surface area contributed by atoms with E-state index in [-0.39, 0.29) is 5.91 Å². The van der Waals surface area contributed by atoms with Gasteiger partial charge >= 0.3 is 0 Å². The first kappa shape index (κ1) is 19.2. The van der Waals surface area contributed by atoms with Gasteiger partial charge in [0, 0.05) is 5.56 Å². The van der Waals surface area contributed by atoms with Crippen LogP contribution in [0.25, 0.3) is 0 Å². The Morgan fingerprint density at radius 1 is 0.893 bits per heavy atom. The number of benzene rings is 3. The molecule has 142 valence electrons. The molecular formula is C24H23NO3. The highest BCUT2D eigenvalue weighted by molar-refractivity contribution is 6.05. The minimum atomic E-state index is -0.207. The number of hydrogen-bond donors (Lipinski definition) is 1. The SMILES string of the molecule is C=C(C)COc1ccccc1NC(=O)c1ccc(OCc2ccccc2)cc1. The molecule has 0 radical (unpaired) electrons. The third kappa shape index (κ3) is 5.48. The van der Waals surface area contributed by atoms with E-state index < -0.39 is 0 Å². The van der Waals surface area contributed by atoms with Crippen LogP contribution < -0.4 is 14.8 Å². The lowest BCUT2D eigenvalue weighted by atomic mass is 10.2. The quantitative estimate of drug-likeness (QED) is 0.532. The van der Waals surface area contributed by atoms with Crippen molar-refractivity contribution < 1.29 is 14.3 Å². The van der Waals surface area contributed by atoms with Crippen LogP contribution in [0.5, 0.6) is 11.5 Å². The van der Waals surface area contributed by atoms with E-state index in [0.29, 0.717) is 36.0 Å². The van der Waals surface area contributed by atoms with Gasteiger partial charge in [0.15, 0.2) is 0 Å². The molecule has 0 bridgehead atoms. The van der Waals surface area contributed by atoms with Gasteiger partial charge in [0.1, 0.15) is 24.7 Å². The molecule has 0 saturated carbocycles. The molecule has 0 aliphatic rings. The molecule has 0 spiro atoms. The number of amides is 1. The average Bonchev–Trinajstić information content (AvgIpc) is 2.72. The van der Waals surface area contributed by atoms with Crippen molar-refractivity contribution in [1.29, 1.82) is 0 Å². The maximum Gasteiger partial charge on any atom is 0.255 e. The molecule has 0 aromatic heterocycles. The first-order valence-electron chi connectivity index (χ1n) is 9.06. The van der Waals surface area contributed by atoms with Crippen LogP contribution in [-0.2, 0) is 6.61 Å². The van der Waals surface area contributed by atoms with E-state index in [1.54, 1.807) is 24.3 Å². The molecule has 0 atom stereocenters. The molecule has 4 nitrogen and oxygen atoms in total. The minimum absolute atomic E-state index is 0.207. The number of para-hydroxylation sites is 2. The predicted octanol–water partition coefficient (Wildman–Crippen LogP) is 5.47. The number of rotatable bonds is 8. The predicted molar refractivity (Wildman–Crippen MR) is 112 cm³/mol. The van der Waals surface area contributed by atoms with Crippen molar-refractivity contribution in [3.8, 4) is 11.5 Å². The van der Waals surface area contributed by atoms with Crippen molar-refractivity contribution in [2.24, 2.45) is 0 Å². The smallest absolute Gasteiger partial charge is 0.255 e. The molecule has 0 aliphatic heterocycles. The molecule has 3 aromatic rings. The third-order valence-electron chi connectivity index (χ3n) is 3.97. The van der Waals surface area contributed by atoms with Crippen molar-refractivity contribution in [3.05, 3.63) is 102 Å². The molecule has 3 aromatic carbocycles. The molecule has 28 heavy (non-hydrogen) atoms. The van der Waals surface area contributed by atoms with Gasteiger partial charge in [0.2, 0.25) is 0 Å². The highest BCUT2D eigenvalue weighted by Gasteiger charge is 2.10. The van der Waals surface area contributed by atoms with Crippen molar-refractivity contribution in [1.82, 2.24) is 0 Å². The van der Waals surface area contributed by atoms with Crippen LogP contribution in [0.3, 0.4) is 0 Å². The van der Waals surface area contributed by atoms with Crippen molar-refractivity contribution in [3.63, 3.8) is 0 Å². The molecule has 1 amide bonds. The lowest BCUT2D eigenvalue weighted by Crippen LogP contribution is -2.13. The second-order valence-corrected chi connectivity index (χ2v) is 6.49. The zero-order valence-corrected chi connectivity index (χ0v) is 15.9. The molecule has 0 saturated heterocycles. The molecule has 0 fully saturated rings. The van der Waals surface area contributed by atoms with Crippen LogP contribution in [0.2, 0.25) is 0 Å². The Hall–Kier alpha value is -3.53. The van der Waals surface area contributed by atoms with E-state index in [4.69, 9.17) is 9.47 Å². The van der Waals surface area contributed by atoms with E-state index in [9.17, 15) is 4.79 Å². The van der Waals surface area contributed by atoms with E-state index in [0.717, 1.165) is 11.1 Å². The zero-order chi connectivity index (χ0) is 19.8. The van der Waals surface area contributed by atoms with Gasteiger partial charge in [0.25, 0.3) is 5.91 Å². The molecular weight excluding hydrogens is 350 g/mol. The lowest BCUT2D eigenvalue weighted by molar-refractivity contribution is 0.102. The van der Waals surface area contributed by atoms with Crippen LogP contribution in [0.1, 0.15) is 22.8 Å². The van der Waals surface area contributed by atoms with E-state index >= 15 is 0 Å². The van der Waals surface area contributed by atoms with E-state index in [1.807, 2.05) is 61.5 Å². The van der Waals surface area contributed by atoms with Crippen LogP contribution >= 0.6 is 0 Å². The van der Waals surface area contributed by atoms with Crippen LogP contribution in [0, 0.1) is 0 Å². The van der Waals surface area contributed by atoms with Crippen LogP contribution in [0.4, 0.5) is 5.69 Å². The second-order valence-electron chi connectivity index (χ2n) is 6.49. The molecule has 1 N–H and O–H groups in total. The summed E-state index contributed by atoms with van der Waals surface area (Å²) in [5.74, 6) is 1.12. The molecule has 0 unspecified atom stereocenters. The summed E-state index contributed by atoms with van der Waals surface area (Å²) in [7, 11) is 0. The molecule has 0 heterocycles. The summed E-state index contributed by atoms with van der Waals surface area (Å²) < 4.78 is 11.5. The number of ether oxygens (including phenoxy) is 2. The van der Waals surface area contributed by atoms with Crippen molar-refractivity contribution in [2.45, 2.75) is 13.5 Å². The summed E-state index contributed by atoms with van der Waals surface area (Å²) in [6, 6.07) is 24.4. The maximum absolute atomic E-state index is 12.6. The fraction of sp³-hybridized carbons (Fsp3) is 0.125. The molecule has 3 rings (SSSR count). The minimum Gasteiger partial charge on any atom is -0.489 e. The van der Waals surface area contributed by atoms with Gasteiger partial charge in [-0.15, -0.1) is 0 Å². The number of carbonyl (C=O) groups excluding carboxylic acids is 1. The Labute approximate surface area is 165 Å². The summed E-state index contributed by atoms with van der Waals surface area (Å²) in [5.41, 5.74) is 3.17. The summed E-state index contributed by atoms with van der Waals surface area (Å²) in [6.45, 7) is 6.61. The Morgan fingerprint density at radius 3 is 2.29 bits per heavy atom. The van der Waals surface area contributed by atoms with Gasteiger partial charge in [-0.3, -0.25) is 4.79 Å². The monoisotopic (exact) mass is 373 g/mol. The van der Waals surface area contributed by atoms with Crippen LogP contribution in [-0.4, -0.2) is 12.5 Å². The lowest BCUT2D eigenvalue weighted by Gasteiger charge is -2.13. The van der Waals surface area contributed by atoms with Gasteiger partial charge in [-0.25, -0.2) is 0 Å². The number of hydrogen-bond acceptors (Lipinski definition) is 3. The molecule has 4 heteroatoms. The van der Waals surface area contributed by atoms with Gasteiger partial charge in [-0.2, -0.15) is 0 Å². The number of carbonyl (C=O) groups is 1. The largest absolute Gasteiger partial charge is 0.489 e. The van der Waals surface area contributed by atoms with Crippen molar-refractivity contribution >= 4 is 11.6 Å². The zero-order valence-electron chi connectivity index (χ0n) is 15.9. The second kappa shape index (κ2) is 9.42. The highest BCUT2D eigenvalue weighted by atomic mass is 16.5. The standard InChI is InChI=1S/C24H23NO3/c1-18(2)16-28-23-11-7-6-10-22(23)25-24(26)20-12-14-21(15-13-20)27-17-19-8-4-3-5-9-19/h3-15H,1,16-17H2,2H3,(H,25,26). The van der Waals surface area contributed by atoms with Gasteiger partial charge in [-0.05, 0) is 54.5 Å². The fourth-order valence-corrected chi connectivity index (χ4v) is 2.53. The topological polar surface area (TPSA) is 47.6 Å². The van der Waals surface area contributed by atoms with Crippen LogP contribution in [0.15, 0.2) is 91.0 Å². The summed E-state index contributed by atoms with van der Waals surface area (Å²) in [4.78, 5) is 12.6. The number of anilines is 1. The number of nitrogens with one attached hydrogen (secondary N) is 1. The van der Waals surface area contributed by atoms with Gasteiger partial charge in [0.05, 0.1) is 5.69 Å². The van der Waals surface area contributed by atoms with E-state index in [2.05, 4.69) is 11.9 Å². The Balaban J connectivity index is 1.61.